The van der Waals surface area contributed by atoms with Crippen molar-refractivity contribution in [2.24, 2.45) is 0 Å². The zero-order valence-corrected chi connectivity index (χ0v) is 21.2. The lowest BCUT2D eigenvalue weighted by Crippen LogP contribution is -2.41. The van der Waals surface area contributed by atoms with E-state index in [4.69, 9.17) is 9.72 Å². The molecule has 0 unspecified atom stereocenters. The summed E-state index contributed by atoms with van der Waals surface area (Å²) in [6, 6.07) is 9.78. The van der Waals surface area contributed by atoms with Gasteiger partial charge >= 0.3 is 6.09 Å². The highest BCUT2D eigenvalue weighted by atomic mass is 32.1. The van der Waals surface area contributed by atoms with Crippen molar-refractivity contribution in [2.75, 3.05) is 13.1 Å². The molecule has 35 heavy (non-hydrogen) atoms. The quantitative estimate of drug-likeness (QED) is 0.423. The first kappa shape index (κ1) is 23.3. The predicted octanol–water partition coefficient (Wildman–Crippen LogP) is 5.24. The van der Waals surface area contributed by atoms with E-state index in [1.807, 2.05) is 42.8 Å². The second kappa shape index (κ2) is 8.96. The van der Waals surface area contributed by atoms with E-state index < -0.39 is 5.60 Å². The maximum atomic E-state index is 12.6. The maximum Gasteiger partial charge on any atom is 0.410 e. The van der Waals surface area contributed by atoms with Gasteiger partial charge in [0, 0.05) is 36.0 Å². The van der Waals surface area contributed by atoms with Gasteiger partial charge in [0.25, 0.3) is 5.56 Å². The van der Waals surface area contributed by atoms with Crippen molar-refractivity contribution in [3.05, 3.63) is 63.5 Å². The number of carbonyl (C=O) groups excluding carboxylic acids is 1. The molecule has 0 radical (unpaired) electrons. The molecule has 182 valence electrons. The molecule has 1 aliphatic rings. The number of benzene rings is 1. The standard InChI is InChI=1S/C26H29N5O3S/c1-16-7-5-6-8-18(16)20-15-35-24(28-20)19-14-27-31-21(13-22(32)29-23(19)31)17-9-11-30(12-10-17)25(33)34-26(2,3)4/h5-8,13-15,17H,9-12H2,1-4H3,(H,29,32). The third kappa shape index (κ3) is 4.73. The van der Waals surface area contributed by atoms with Gasteiger partial charge in [-0.1, -0.05) is 24.3 Å². The number of hydrogen-bond acceptors (Lipinski definition) is 6. The average Bonchev–Trinajstić information content (AvgIpc) is 3.45. The summed E-state index contributed by atoms with van der Waals surface area (Å²) >= 11 is 1.54. The van der Waals surface area contributed by atoms with Crippen LogP contribution in [-0.2, 0) is 4.74 Å². The van der Waals surface area contributed by atoms with Gasteiger partial charge in [-0.3, -0.25) is 4.79 Å². The molecule has 1 N–H and O–H groups in total. The number of hydrogen-bond donors (Lipinski definition) is 1. The molecule has 0 spiro atoms. The van der Waals surface area contributed by atoms with Crippen LogP contribution in [0.1, 0.15) is 50.8 Å². The number of fused-ring (bicyclic) bond motifs is 1. The number of H-pyrrole nitrogens is 1. The minimum Gasteiger partial charge on any atom is -0.444 e. The van der Waals surface area contributed by atoms with Crippen LogP contribution in [0.15, 0.2) is 46.7 Å². The summed E-state index contributed by atoms with van der Waals surface area (Å²) in [5, 5.41) is 7.47. The van der Waals surface area contributed by atoms with Gasteiger partial charge in [0.15, 0.2) is 0 Å². The fourth-order valence-corrected chi connectivity index (χ4v) is 5.36. The summed E-state index contributed by atoms with van der Waals surface area (Å²) in [7, 11) is 0. The minimum absolute atomic E-state index is 0.116. The molecule has 4 heterocycles. The molecule has 1 aromatic carbocycles. The summed E-state index contributed by atoms with van der Waals surface area (Å²) in [4.78, 5) is 34.6. The van der Waals surface area contributed by atoms with Crippen molar-refractivity contribution >= 4 is 23.1 Å². The number of aromatic amines is 1. The molecule has 5 rings (SSSR count). The van der Waals surface area contributed by atoms with Crippen molar-refractivity contribution < 1.29 is 9.53 Å². The van der Waals surface area contributed by atoms with Crippen molar-refractivity contribution in [1.82, 2.24) is 24.5 Å². The van der Waals surface area contributed by atoms with Gasteiger partial charge in [0.1, 0.15) is 16.3 Å². The number of aromatic nitrogens is 4. The van der Waals surface area contributed by atoms with Crippen LogP contribution >= 0.6 is 11.3 Å². The second-order valence-corrected chi connectivity index (χ2v) is 10.8. The lowest BCUT2D eigenvalue weighted by atomic mass is 9.93. The Morgan fingerprint density at radius 1 is 1.17 bits per heavy atom. The van der Waals surface area contributed by atoms with Gasteiger partial charge in [-0.25, -0.2) is 14.3 Å². The van der Waals surface area contributed by atoms with Gasteiger partial charge in [0.2, 0.25) is 0 Å². The number of ether oxygens (including phenoxy) is 1. The number of thiazole rings is 1. The Hall–Kier alpha value is -3.46. The third-order valence-corrected chi connectivity index (χ3v) is 7.13. The number of aryl methyl sites for hydroxylation is 1. The Kier molecular flexibility index (Phi) is 5.96. The molecular weight excluding hydrogens is 462 g/mol. The van der Waals surface area contributed by atoms with Crippen LogP contribution in [0, 0.1) is 6.92 Å². The Morgan fingerprint density at radius 2 is 1.91 bits per heavy atom. The van der Waals surface area contributed by atoms with E-state index in [0.717, 1.165) is 45.9 Å². The smallest absolute Gasteiger partial charge is 0.410 e. The van der Waals surface area contributed by atoms with Gasteiger partial charge in [-0.2, -0.15) is 5.10 Å². The number of piperidine rings is 1. The minimum atomic E-state index is -0.521. The SMILES string of the molecule is Cc1ccccc1-c1csc(-c2cnn3c(C4CCN(C(=O)OC(C)(C)C)CC4)cc(=O)[nH]c23)n1. The molecule has 3 aromatic heterocycles. The van der Waals surface area contributed by atoms with Crippen molar-refractivity contribution in [3.63, 3.8) is 0 Å². The Labute approximate surface area is 207 Å². The van der Waals surface area contributed by atoms with Crippen LogP contribution in [0.4, 0.5) is 4.79 Å². The van der Waals surface area contributed by atoms with E-state index in [-0.39, 0.29) is 17.6 Å². The molecule has 9 heteroatoms. The zero-order valence-electron chi connectivity index (χ0n) is 20.4. The highest BCUT2D eigenvalue weighted by Crippen LogP contribution is 2.34. The van der Waals surface area contributed by atoms with Crippen LogP contribution in [-0.4, -0.2) is 49.3 Å². The number of nitrogens with zero attached hydrogens (tertiary/aromatic N) is 4. The molecule has 0 aliphatic carbocycles. The van der Waals surface area contributed by atoms with E-state index in [1.165, 1.54) is 11.3 Å². The van der Waals surface area contributed by atoms with Crippen LogP contribution < -0.4 is 5.56 Å². The van der Waals surface area contributed by atoms with Crippen molar-refractivity contribution in [3.8, 4) is 21.8 Å². The highest BCUT2D eigenvalue weighted by molar-refractivity contribution is 7.13. The van der Waals surface area contributed by atoms with Gasteiger partial charge in [-0.05, 0) is 46.1 Å². The molecule has 8 nitrogen and oxygen atoms in total. The van der Waals surface area contributed by atoms with E-state index in [1.54, 1.807) is 17.2 Å². The molecule has 4 aromatic rings. The molecule has 1 amide bonds. The monoisotopic (exact) mass is 491 g/mol. The number of rotatable bonds is 3. The maximum absolute atomic E-state index is 12.6. The molecule has 0 saturated carbocycles. The molecule has 1 aliphatic heterocycles. The molecular formula is C26H29N5O3S. The van der Waals surface area contributed by atoms with E-state index >= 15 is 0 Å². The van der Waals surface area contributed by atoms with Crippen LogP contribution in [0.25, 0.3) is 27.5 Å². The second-order valence-electron chi connectivity index (χ2n) is 9.97. The van der Waals surface area contributed by atoms with E-state index in [9.17, 15) is 9.59 Å². The molecule has 0 atom stereocenters. The van der Waals surface area contributed by atoms with Crippen molar-refractivity contribution in [1.29, 1.82) is 0 Å². The first-order valence-electron chi connectivity index (χ1n) is 11.8. The highest BCUT2D eigenvalue weighted by Gasteiger charge is 2.29. The average molecular weight is 492 g/mol. The molecule has 1 fully saturated rings. The lowest BCUT2D eigenvalue weighted by Gasteiger charge is -2.33. The first-order chi connectivity index (χ1) is 16.7. The zero-order chi connectivity index (χ0) is 24.7. The Bertz CT molecular complexity index is 1440. The third-order valence-electron chi connectivity index (χ3n) is 6.25. The predicted molar refractivity (Wildman–Crippen MR) is 137 cm³/mol. The van der Waals surface area contributed by atoms with Crippen molar-refractivity contribution in [2.45, 2.75) is 52.1 Å². The number of likely N-dealkylation sites (tertiary alicyclic amines) is 1. The van der Waals surface area contributed by atoms with Gasteiger partial charge in [-0.15, -0.1) is 11.3 Å². The van der Waals surface area contributed by atoms with Gasteiger partial charge in [0.05, 0.1) is 23.1 Å². The van der Waals surface area contributed by atoms with Crippen LogP contribution in [0.3, 0.4) is 0 Å². The number of amides is 1. The summed E-state index contributed by atoms with van der Waals surface area (Å²) in [6.45, 7) is 8.83. The summed E-state index contributed by atoms with van der Waals surface area (Å²) in [5.74, 6) is 0.116. The number of nitrogens with one attached hydrogen (secondary N) is 1. The Balaban J connectivity index is 1.41. The van der Waals surface area contributed by atoms with Crippen LogP contribution in [0.2, 0.25) is 0 Å². The largest absolute Gasteiger partial charge is 0.444 e. The topological polar surface area (TPSA) is 92.6 Å². The molecule has 1 saturated heterocycles. The summed E-state index contributed by atoms with van der Waals surface area (Å²) in [6.07, 6.45) is 2.95. The van der Waals surface area contributed by atoms with E-state index in [0.29, 0.717) is 18.7 Å². The normalized spacial score (nSPS) is 15.0. The van der Waals surface area contributed by atoms with E-state index in [2.05, 4.69) is 29.1 Å². The summed E-state index contributed by atoms with van der Waals surface area (Å²) < 4.78 is 7.33. The first-order valence-corrected chi connectivity index (χ1v) is 12.7. The van der Waals surface area contributed by atoms with Gasteiger partial charge < -0.3 is 14.6 Å². The fourth-order valence-electron chi connectivity index (χ4n) is 4.53. The summed E-state index contributed by atoms with van der Waals surface area (Å²) in [5.41, 5.74) is 4.79. The fraction of sp³-hybridized carbons (Fsp3) is 0.385. The molecule has 0 bridgehead atoms. The number of carbonyl (C=O) groups is 1. The Morgan fingerprint density at radius 3 is 2.63 bits per heavy atom. The lowest BCUT2D eigenvalue weighted by molar-refractivity contribution is 0.0203. The van der Waals surface area contributed by atoms with Crippen LogP contribution in [0.5, 0.6) is 0 Å².